The highest BCUT2D eigenvalue weighted by molar-refractivity contribution is 9.10. The number of hydrogen-bond donors (Lipinski definition) is 1. The van der Waals surface area contributed by atoms with Crippen molar-refractivity contribution in [2.45, 2.75) is 17.9 Å². The van der Waals surface area contributed by atoms with Gasteiger partial charge in [0.2, 0.25) is 0 Å². The lowest BCUT2D eigenvalue weighted by atomic mass is 10.1. The maximum Gasteiger partial charge on any atom is 0.119 e. The molecule has 2 aromatic rings. The summed E-state index contributed by atoms with van der Waals surface area (Å²) in [5.41, 5.74) is 1.32. The number of ether oxygens (including phenoxy) is 1. The maximum absolute atomic E-state index is 5.73. The highest BCUT2D eigenvalue weighted by Crippen LogP contribution is 2.22. The molecular formula is C17H20BrNOS. The molecule has 0 amide bonds. The standard InChI is InChI=1S/C17H20BrNOS/c1-13(19-2)14-4-3-5-17(12-14)21-11-10-20-16-8-6-15(18)7-9-16/h3-9,12-13,19H,10-11H2,1-2H3. The summed E-state index contributed by atoms with van der Waals surface area (Å²) >= 11 is 5.24. The molecular weight excluding hydrogens is 346 g/mol. The van der Waals surface area contributed by atoms with E-state index in [9.17, 15) is 0 Å². The minimum absolute atomic E-state index is 0.379. The van der Waals surface area contributed by atoms with Crippen molar-refractivity contribution in [2.75, 3.05) is 19.4 Å². The Bertz CT molecular complexity index is 559. The molecule has 1 N–H and O–H groups in total. The Morgan fingerprint density at radius 2 is 1.95 bits per heavy atom. The molecule has 0 saturated heterocycles. The van der Waals surface area contributed by atoms with Gasteiger partial charge in [-0.15, -0.1) is 11.8 Å². The van der Waals surface area contributed by atoms with Crippen molar-refractivity contribution in [3.05, 3.63) is 58.6 Å². The number of hydrogen-bond acceptors (Lipinski definition) is 3. The van der Waals surface area contributed by atoms with Gasteiger partial charge in [-0.3, -0.25) is 0 Å². The first kappa shape index (κ1) is 16.4. The molecule has 0 aliphatic heterocycles. The number of thioether (sulfide) groups is 1. The van der Waals surface area contributed by atoms with Gasteiger partial charge >= 0.3 is 0 Å². The van der Waals surface area contributed by atoms with Crippen molar-refractivity contribution in [3.63, 3.8) is 0 Å². The molecule has 0 fully saturated rings. The van der Waals surface area contributed by atoms with Crippen molar-refractivity contribution < 1.29 is 4.74 Å². The Hall–Kier alpha value is -0.970. The third-order valence-electron chi connectivity index (χ3n) is 3.23. The highest BCUT2D eigenvalue weighted by Gasteiger charge is 2.03. The summed E-state index contributed by atoms with van der Waals surface area (Å²) in [7, 11) is 1.98. The third-order valence-corrected chi connectivity index (χ3v) is 4.71. The van der Waals surface area contributed by atoms with E-state index in [1.165, 1.54) is 10.5 Å². The largest absolute Gasteiger partial charge is 0.493 e. The molecule has 0 aliphatic carbocycles. The number of halogens is 1. The topological polar surface area (TPSA) is 21.3 Å². The lowest BCUT2D eigenvalue weighted by Crippen LogP contribution is -2.12. The van der Waals surface area contributed by atoms with Crippen molar-refractivity contribution in [3.8, 4) is 5.75 Å². The molecule has 0 bridgehead atoms. The fourth-order valence-corrected chi connectivity index (χ4v) is 2.95. The number of nitrogens with one attached hydrogen (secondary N) is 1. The van der Waals surface area contributed by atoms with Crippen LogP contribution in [0.25, 0.3) is 0 Å². The van der Waals surface area contributed by atoms with Crippen LogP contribution in [0.2, 0.25) is 0 Å². The van der Waals surface area contributed by atoms with Crippen molar-refractivity contribution >= 4 is 27.7 Å². The molecule has 0 heterocycles. The van der Waals surface area contributed by atoms with Gasteiger partial charge in [0.1, 0.15) is 5.75 Å². The molecule has 1 unspecified atom stereocenters. The number of benzene rings is 2. The molecule has 0 radical (unpaired) electrons. The van der Waals surface area contributed by atoms with Crippen LogP contribution in [0.1, 0.15) is 18.5 Å². The minimum atomic E-state index is 0.379. The van der Waals surface area contributed by atoms with Gasteiger partial charge in [0.25, 0.3) is 0 Å². The van der Waals surface area contributed by atoms with Crippen molar-refractivity contribution in [1.82, 2.24) is 5.32 Å². The first-order valence-electron chi connectivity index (χ1n) is 6.97. The molecule has 0 saturated carbocycles. The van der Waals surface area contributed by atoms with Gasteiger partial charge < -0.3 is 10.1 Å². The van der Waals surface area contributed by atoms with E-state index in [4.69, 9.17) is 4.74 Å². The Kier molecular flexibility index (Phi) is 6.61. The van der Waals surface area contributed by atoms with Gasteiger partial charge in [0, 0.05) is 21.2 Å². The van der Waals surface area contributed by atoms with Crippen LogP contribution in [0.15, 0.2) is 57.9 Å². The summed E-state index contributed by atoms with van der Waals surface area (Å²) in [6.45, 7) is 2.87. The minimum Gasteiger partial charge on any atom is -0.493 e. The van der Waals surface area contributed by atoms with Gasteiger partial charge in [-0.05, 0) is 55.9 Å². The molecule has 21 heavy (non-hydrogen) atoms. The summed E-state index contributed by atoms with van der Waals surface area (Å²) in [5.74, 6) is 1.85. The van der Waals surface area contributed by atoms with E-state index in [1.54, 1.807) is 0 Å². The third kappa shape index (κ3) is 5.38. The quantitative estimate of drug-likeness (QED) is 0.556. The molecule has 0 spiro atoms. The van der Waals surface area contributed by atoms with Gasteiger partial charge in [-0.2, -0.15) is 0 Å². The first-order chi connectivity index (χ1) is 10.2. The zero-order chi connectivity index (χ0) is 15.1. The summed E-state index contributed by atoms with van der Waals surface area (Å²) < 4.78 is 6.80. The zero-order valence-electron chi connectivity index (χ0n) is 12.3. The van der Waals surface area contributed by atoms with Gasteiger partial charge in [0.15, 0.2) is 0 Å². The van der Waals surface area contributed by atoms with E-state index in [0.717, 1.165) is 16.0 Å². The highest BCUT2D eigenvalue weighted by atomic mass is 79.9. The Morgan fingerprint density at radius 1 is 1.19 bits per heavy atom. The van der Waals surface area contributed by atoms with Crippen LogP contribution < -0.4 is 10.1 Å². The van der Waals surface area contributed by atoms with Gasteiger partial charge in [-0.1, -0.05) is 28.1 Å². The Morgan fingerprint density at radius 3 is 2.67 bits per heavy atom. The van der Waals surface area contributed by atoms with Crippen LogP contribution in [-0.2, 0) is 0 Å². The van der Waals surface area contributed by atoms with Crippen LogP contribution >= 0.6 is 27.7 Å². The van der Waals surface area contributed by atoms with E-state index in [1.807, 2.05) is 43.1 Å². The Balaban J connectivity index is 1.79. The average molecular weight is 366 g/mol. The predicted molar refractivity (Wildman–Crippen MR) is 94.3 cm³/mol. The van der Waals surface area contributed by atoms with Crippen molar-refractivity contribution in [2.24, 2.45) is 0 Å². The monoisotopic (exact) mass is 365 g/mol. The molecule has 0 aromatic heterocycles. The van der Waals surface area contributed by atoms with E-state index >= 15 is 0 Å². The smallest absolute Gasteiger partial charge is 0.119 e. The van der Waals surface area contributed by atoms with Crippen LogP contribution in [0.3, 0.4) is 0 Å². The van der Waals surface area contributed by atoms with Crippen molar-refractivity contribution in [1.29, 1.82) is 0 Å². The number of rotatable bonds is 7. The second-order valence-corrected chi connectivity index (χ2v) is 6.82. The summed E-state index contributed by atoms with van der Waals surface area (Å²) in [6.07, 6.45) is 0. The van der Waals surface area contributed by atoms with Crippen LogP contribution in [0.4, 0.5) is 0 Å². The molecule has 112 valence electrons. The SMILES string of the molecule is CNC(C)c1cccc(SCCOc2ccc(Br)cc2)c1. The lowest BCUT2D eigenvalue weighted by Gasteiger charge is -2.12. The summed E-state index contributed by atoms with van der Waals surface area (Å²) in [6, 6.07) is 17.0. The van der Waals surface area contributed by atoms with Gasteiger partial charge in [0.05, 0.1) is 6.61 Å². The van der Waals surface area contributed by atoms with Gasteiger partial charge in [-0.25, -0.2) is 0 Å². The molecule has 2 nitrogen and oxygen atoms in total. The average Bonchev–Trinajstić information content (AvgIpc) is 2.53. The summed E-state index contributed by atoms with van der Waals surface area (Å²) in [4.78, 5) is 1.29. The second-order valence-electron chi connectivity index (χ2n) is 4.73. The first-order valence-corrected chi connectivity index (χ1v) is 8.75. The molecule has 1 atom stereocenters. The van der Waals surface area contributed by atoms with E-state index < -0.39 is 0 Å². The van der Waals surface area contributed by atoms with E-state index in [-0.39, 0.29) is 0 Å². The predicted octanol–water partition coefficient (Wildman–Crippen LogP) is 4.90. The zero-order valence-corrected chi connectivity index (χ0v) is 14.7. The summed E-state index contributed by atoms with van der Waals surface area (Å²) in [5, 5.41) is 3.26. The molecule has 2 rings (SSSR count). The van der Waals surface area contributed by atoms with Crippen LogP contribution in [0, 0.1) is 0 Å². The second kappa shape index (κ2) is 8.47. The normalized spacial score (nSPS) is 12.1. The lowest BCUT2D eigenvalue weighted by molar-refractivity contribution is 0.344. The van der Waals surface area contributed by atoms with Crippen LogP contribution in [-0.4, -0.2) is 19.4 Å². The van der Waals surface area contributed by atoms with E-state index in [2.05, 4.69) is 52.4 Å². The molecule has 4 heteroatoms. The molecule has 0 aliphatic rings. The maximum atomic E-state index is 5.73. The fourth-order valence-electron chi connectivity index (χ4n) is 1.89. The van der Waals surface area contributed by atoms with Crippen LogP contribution in [0.5, 0.6) is 5.75 Å². The fraction of sp³-hybridized carbons (Fsp3) is 0.294. The van der Waals surface area contributed by atoms with E-state index in [0.29, 0.717) is 12.6 Å². The molecule has 2 aromatic carbocycles. The Labute approximate surface area is 139 Å².